The van der Waals surface area contributed by atoms with E-state index in [-0.39, 0.29) is 37.0 Å². The van der Waals surface area contributed by atoms with Crippen LogP contribution < -0.4 is 5.32 Å². The molecule has 1 aliphatic carbocycles. The highest BCUT2D eigenvalue weighted by atomic mass is 35.5. The Morgan fingerprint density at radius 1 is 1.18 bits per heavy atom. The third-order valence-electron chi connectivity index (χ3n) is 5.09. The Morgan fingerprint density at radius 2 is 1.79 bits per heavy atom. The molecule has 0 spiro atoms. The van der Waals surface area contributed by atoms with Gasteiger partial charge in [-0.3, -0.25) is 14.4 Å². The first-order chi connectivity index (χ1) is 13.3. The van der Waals surface area contributed by atoms with E-state index in [4.69, 9.17) is 16.3 Å². The van der Waals surface area contributed by atoms with Gasteiger partial charge in [-0.15, -0.1) is 0 Å². The molecular weight excluding hydrogens is 380 g/mol. The summed E-state index contributed by atoms with van der Waals surface area (Å²) in [4.78, 5) is 38.7. The van der Waals surface area contributed by atoms with Crippen LogP contribution in [0.4, 0.5) is 0 Å². The minimum Gasteiger partial charge on any atom is -0.455 e. The van der Waals surface area contributed by atoms with Crippen LogP contribution in [0.15, 0.2) is 24.3 Å². The number of halogens is 1. The van der Waals surface area contributed by atoms with Gasteiger partial charge in [-0.05, 0) is 51.3 Å². The summed E-state index contributed by atoms with van der Waals surface area (Å²) in [5, 5.41) is 3.36. The van der Waals surface area contributed by atoms with Crippen molar-refractivity contribution < 1.29 is 19.1 Å². The standard InChI is InChI=1S/C21H29ClN2O4/c1-4-24(13-18(25)23-15(2)3)19(26)14-28-20(27)21(11-5-6-12-21)16-7-9-17(22)10-8-16/h7-10,15H,4-6,11-14H2,1-3H3,(H,23,25). The van der Waals surface area contributed by atoms with Crippen LogP contribution in [-0.4, -0.2) is 48.4 Å². The van der Waals surface area contributed by atoms with E-state index < -0.39 is 5.41 Å². The van der Waals surface area contributed by atoms with Crippen molar-refractivity contribution in [1.29, 1.82) is 0 Å². The van der Waals surface area contributed by atoms with Crippen LogP contribution in [0.3, 0.4) is 0 Å². The van der Waals surface area contributed by atoms with Gasteiger partial charge in [-0.2, -0.15) is 0 Å². The van der Waals surface area contributed by atoms with Crippen LogP contribution in [0.1, 0.15) is 52.0 Å². The number of carbonyl (C=O) groups excluding carboxylic acids is 3. The largest absolute Gasteiger partial charge is 0.455 e. The van der Waals surface area contributed by atoms with Crippen LogP contribution >= 0.6 is 11.6 Å². The lowest BCUT2D eigenvalue weighted by molar-refractivity contribution is -0.157. The second-order valence-electron chi connectivity index (χ2n) is 7.50. The molecule has 0 unspecified atom stereocenters. The molecule has 7 heteroatoms. The second-order valence-corrected chi connectivity index (χ2v) is 7.94. The van der Waals surface area contributed by atoms with Crippen molar-refractivity contribution in [2.45, 2.75) is 57.9 Å². The van der Waals surface area contributed by atoms with Gasteiger partial charge in [0.25, 0.3) is 5.91 Å². The number of nitrogens with one attached hydrogen (secondary N) is 1. The van der Waals surface area contributed by atoms with Crippen LogP contribution in [-0.2, 0) is 24.5 Å². The molecule has 154 valence electrons. The van der Waals surface area contributed by atoms with Crippen molar-refractivity contribution in [3.63, 3.8) is 0 Å². The topological polar surface area (TPSA) is 75.7 Å². The van der Waals surface area contributed by atoms with Gasteiger partial charge in [0.1, 0.15) is 0 Å². The van der Waals surface area contributed by atoms with Gasteiger partial charge < -0.3 is 15.0 Å². The molecule has 0 aromatic heterocycles. The number of benzene rings is 1. The Morgan fingerprint density at radius 3 is 2.32 bits per heavy atom. The maximum atomic E-state index is 12.9. The highest BCUT2D eigenvalue weighted by molar-refractivity contribution is 6.30. The molecule has 6 nitrogen and oxygen atoms in total. The molecule has 0 bridgehead atoms. The Hall–Kier alpha value is -2.08. The van der Waals surface area contributed by atoms with Gasteiger partial charge >= 0.3 is 5.97 Å². The first kappa shape index (κ1) is 22.2. The summed E-state index contributed by atoms with van der Waals surface area (Å²) >= 11 is 5.97. The fraction of sp³-hybridized carbons (Fsp3) is 0.571. The zero-order valence-corrected chi connectivity index (χ0v) is 17.6. The Bertz CT molecular complexity index is 697. The fourth-order valence-electron chi connectivity index (χ4n) is 3.63. The second kappa shape index (κ2) is 9.92. The molecule has 0 heterocycles. The quantitative estimate of drug-likeness (QED) is 0.671. The number of ether oxygens (including phenoxy) is 1. The summed E-state index contributed by atoms with van der Waals surface area (Å²) in [7, 11) is 0. The highest BCUT2D eigenvalue weighted by Gasteiger charge is 2.44. The monoisotopic (exact) mass is 408 g/mol. The van der Waals surface area contributed by atoms with Crippen LogP contribution in [0.25, 0.3) is 0 Å². The minimum absolute atomic E-state index is 0.000682. The zero-order valence-electron chi connectivity index (χ0n) is 16.8. The van der Waals surface area contributed by atoms with Gasteiger partial charge in [-0.25, -0.2) is 0 Å². The van der Waals surface area contributed by atoms with Crippen LogP contribution in [0.2, 0.25) is 5.02 Å². The fourth-order valence-corrected chi connectivity index (χ4v) is 3.76. The average Bonchev–Trinajstić information content (AvgIpc) is 3.15. The molecule has 0 saturated heterocycles. The number of hydrogen-bond acceptors (Lipinski definition) is 4. The van der Waals surface area contributed by atoms with Crippen molar-refractivity contribution in [3.05, 3.63) is 34.9 Å². The molecule has 1 aromatic rings. The molecule has 1 aliphatic rings. The van der Waals surface area contributed by atoms with E-state index in [1.165, 1.54) is 4.90 Å². The summed E-state index contributed by atoms with van der Waals surface area (Å²) in [6.07, 6.45) is 3.25. The van der Waals surface area contributed by atoms with Crippen molar-refractivity contribution in [3.8, 4) is 0 Å². The number of amides is 2. The number of nitrogens with zero attached hydrogens (tertiary/aromatic N) is 1. The molecule has 2 amide bonds. The number of esters is 1. The minimum atomic E-state index is -0.725. The van der Waals surface area contributed by atoms with Gasteiger partial charge in [0, 0.05) is 17.6 Å². The predicted octanol–water partition coefficient (Wildman–Crippen LogP) is 3.07. The molecule has 0 atom stereocenters. The van der Waals surface area contributed by atoms with Gasteiger partial charge in [0.15, 0.2) is 6.61 Å². The van der Waals surface area contributed by atoms with Gasteiger partial charge in [0.2, 0.25) is 5.91 Å². The van der Waals surface area contributed by atoms with E-state index in [1.807, 2.05) is 26.0 Å². The summed E-state index contributed by atoms with van der Waals surface area (Å²) in [6.45, 7) is 5.45. The number of rotatable bonds is 8. The maximum absolute atomic E-state index is 12.9. The summed E-state index contributed by atoms with van der Waals surface area (Å²) in [6, 6.07) is 7.24. The smallest absolute Gasteiger partial charge is 0.317 e. The molecule has 28 heavy (non-hydrogen) atoms. The maximum Gasteiger partial charge on any atom is 0.317 e. The van der Waals surface area contributed by atoms with E-state index in [0.717, 1.165) is 18.4 Å². The highest BCUT2D eigenvalue weighted by Crippen LogP contribution is 2.42. The molecule has 1 fully saturated rings. The lowest BCUT2D eigenvalue weighted by Gasteiger charge is -2.28. The van der Waals surface area contributed by atoms with Crippen LogP contribution in [0, 0.1) is 0 Å². The third kappa shape index (κ3) is 5.47. The normalized spacial score (nSPS) is 15.3. The molecule has 0 aliphatic heterocycles. The zero-order chi connectivity index (χ0) is 20.7. The van der Waals surface area contributed by atoms with E-state index in [2.05, 4.69) is 5.32 Å². The third-order valence-corrected chi connectivity index (χ3v) is 5.34. The summed E-state index contributed by atoms with van der Waals surface area (Å²) < 4.78 is 5.43. The first-order valence-electron chi connectivity index (χ1n) is 9.79. The van der Waals surface area contributed by atoms with Crippen molar-refractivity contribution >= 4 is 29.4 Å². The van der Waals surface area contributed by atoms with Crippen molar-refractivity contribution in [2.75, 3.05) is 19.7 Å². The molecule has 1 aromatic carbocycles. The number of hydrogen-bond donors (Lipinski definition) is 1. The van der Waals surface area contributed by atoms with E-state index >= 15 is 0 Å². The van der Waals surface area contributed by atoms with E-state index in [1.54, 1.807) is 19.1 Å². The van der Waals surface area contributed by atoms with Gasteiger partial charge in [-0.1, -0.05) is 36.6 Å². The van der Waals surface area contributed by atoms with Crippen molar-refractivity contribution in [1.82, 2.24) is 10.2 Å². The first-order valence-corrected chi connectivity index (χ1v) is 10.2. The number of likely N-dealkylation sites (N-methyl/N-ethyl adjacent to an activating group) is 1. The predicted molar refractivity (Wildman–Crippen MR) is 108 cm³/mol. The Labute approximate surface area is 171 Å². The molecule has 1 saturated carbocycles. The summed E-state index contributed by atoms with van der Waals surface area (Å²) in [5.41, 5.74) is 0.146. The number of carbonyl (C=O) groups is 3. The molecule has 0 radical (unpaired) electrons. The Balaban J connectivity index is 2.01. The van der Waals surface area contributed by atoms with E-state index in [9.17, 15) is 14.4 Å². The molecule has 1 N–H and O–H groups in total. The van der Waals surface area contributed by atoms with Crippen LogP contribution in [0.5, 0.6) is 0 Å². The van der Waals surface area contributed by atoms with Crippen molar-refractivity contribution in [2.24, 2.45) is 0 Å². The lowest BCUT2D eigenvalue weighted by atomic mass is 9.79. The van der Waals surface area contributed by atoms with E-state index in [0.29, 0.717) is 24.4 Å². The lowest BCUT2D eigenvalue weighted by Crippen LogP contribution is -2.44. The summed E-state index contributed by atoms with van der Waals surface area (Å²) in [5.74, 6) is -0.993. The Kier molecular flexibility index (Phi) is 7.87. The average molecular weight is 409 g/mol. The van der Waals surface area contributed by atoms with Gasteiger partial charge in [0.05, 0.1) is 12.0 Å². The molecule has 2 rings (SSSR count). The molecular formula is C21H29ClN2O4. The SMILES string of the molecule is CCN(CC(=O)NC(C)C)C(=O)COC(=O)C1(c2ccc(Cl)cc2)CCCC1.